The fourth-order valence-electron chi connectivity index (χ4n) is 2.02. The molecule has 0 saturated carbocycles. The molecule has 0 heterocycles. The molecule has 24 heavy (non-hydrogen) atoms. The predicted molar refractivity (Wildman–Crippen MR) is 101 cm³/mol. The summed E-state index contributed by atoms with van der Waals surface area (Å²) in [5.41, 5.74) is 4.54. The van der Waals surface area contributed by atoms with Crippen LogP contribution in [0.4, 0.5) is 5.69 Å². The van der Waals surface area contributed by atoms with Crippen molar-refractivity contribution >= 4 is 39.4 Å². The average Bonchev–Trinajstić information content (AvgIpc) is 2.57. The van der Waals surface area contributed by atoms with Gasteiger partial charge in [-0.1, -0.05) is 11.6 Å². The van der Waals surface area contributed by atoms with Crippen LogP contribution < -0.4 is 19.6 Å². The summed E-state index contributed by atoms with van der Waals surface area (Å²) in [4.78, 5) is 0. The first-order valence-electron chi connectivity index (χ1n) is 7.22. The van der Waals surface area contributed by atoms with Crippen LogP contribution in [-0.4, -0.2) is 27.0 Å². The van der Waals surface area contributed by atoms with E-state index < -0.39 is 0 Å². The number of methoxy groups -OCH3 is 2. The van der Waals surface area contributed by atoms with Crippen LogP contribution in [0.25, 0.3) is 0 Å². The van der Waals surface area contributed by atoms with Gasteiger partial charge in [-0.25, -0.2) is 0 Å². The molecule has 0 fully saturated rings. The second-order valence-corrected chi connectivity index (χ2v) is 5.95. The molecule has 0 aliphatic heterocycles. The zero-order valence-electron chi connectivity index (χ0n) is 13.6. The largest absolute Gasteiger partial charge is 0.495 e. The van der Waals surface area contributed by atoms with Crippen molar-refractivity contribution in [1.82, 2.24) is 0 Å². The van der Waals surface area contributed by atoms with Gasteiger partial charge in [0, 0.05) is 0 Å². The van der Waals surface area contributed by atoms with E-state index in [-0.39, 0.29) is 0 Å². The Morgan fingerprint density at radius 3 is 2.54 bits per heavy atom. The Morgan fingerprint density at radius 1 is 1.17 bits per heavy atom. The normalized spacial score (nSPS) is 10.7. The molecule has 0 atom stereocenters. The second-order valence-electron chi connectivity index (χ2n) is 4.69. The van der Waals surface area contributed by atoms with Crippen molar-refractivity contribution in [3.05, 3.63) is 45.4 Å². The summed E-state index contributed by atoms with van der Waals surface area (Å²) in [6, 6.07) is 9.10. The zero-order valence-corrected chi connectivity index (χ0v) is 15.9. The van der Waals surface area contributed by atoms with Gasteiger partial charge in [0.25, 0.3) is 0 Å². The van der Waals surface area contributed by atoms with Crippen LogP contribution in [0.3, 0.4) is 0 Å². The smallest absolute Gasteiger partial charge is 0.175 e. The lowest BCUT2D eigenvalue weighted by atomic mass is 10.2. The van der Waals surface area contributed by atoms with Crippen molar-refractivity contribution in [2.24, 2.45) is 5.10 Å². The predicted octanol–water partition coefficient (Wildman–Crippen LogP) is 4.96. The highest BCUT2D eigenvalue weighted by molar-refractivity contribution is 9.10. The highest BCUT2D eigenvalue weighted by Gasteiger charge is 2.10. The van der Waals surface area contributed by atoms with Crippen molar-refractivity contribution in [3.63, 3.8) is 0 Å². The Hall–Kier alpha value is -1.92. The number of hydrogen-bond acceptors (Lipinski definition) is 5. The maximum absolute atomic E-state index is 6.08. The van der Waals surface area contributed by atoms with Gasteiger partial charge in [-0.3, -0.25) is 5.43 Å². The van der Waals surface area contributed by atoms with Gasteiger partial charge >= 0.3 is 0 Å². The first kappa shape index (κ1) is 18.4. The third-order valence-corrected chi connectivity index (χ3v) is 3.98. The average molecular weight is 414 g/mol. The third kappa shape index (κ3) is 4.55. The van der Waals surface area contributed by atoms with Gasteiger partial charge in [0.1, 0.15) is 5.75 Å². The quantitative estimate of drug-likeness (QED) is 0.514. The van der Waals surface area contributed by atoms with Crippen molar-refractivity contribution in [3.8, 4) is 17.2 Å². The van der Waals surface area contributed by atoms with Crippen LogP contribution in [0.5, 0.6) is 17.2 Å². The van der Waals surface area contributed by atoms with Gasteiger partial charge in [-0.15, -0.1) is 0 Å². The number of benzene rings is 2. The van der Waals surface area contributed by atoms with Crippen molar-refractivity contribution in [1.29, 1.82) is 0 Å². The molecular weight excluding hydrogens is 396 g/mol. The second kappa shape index (κ2) is 8.80. The van der Waals surface area contributed by atoms with Crippen LogP contribution in [0, 0.1) is 0 Å². The summed E-state index contributed by atoms with van der Waals surface area (Å²) in [6.07, 6.45) is 1.68. The van der Waals surface area contributed by atoms with E-state index in [4.69, 9.17) is 25.8 Å². The van der Waals surface area contributed by atoms with Gasteiger partial charge in [0.05, 0.1) is 42.2 Å². The number of hydrogen-bond donors (Lipinski definition) is 1. The molecule has 0 saturated heterocycles. The summed E-state index contributed by atoms with van der Waals surface area (Å²) in [6.45, 7) is 2.48. The molecule has 5 nitrogen and oxygen atoms in total. The van der Waals surface area contributed by atoms with Crippen LogP contribution in [0.1, 0.15) is 12.5 Å². The summed E-state index contributed by atoms with van der Waals surface area (Å²) in [5.74, 6) is 1.93. The summed E-state index contributed by atoms with van der Waals surface area (Å²) >= 11 is 9.56. The molecule has 2 aromatic rings. The van der Waals surface area contributed by atoms with Crippen molar-refractivity contribution in [2.75, 3.05) is 26.3 Å². The number of ether oxygens (including phenoxy) is 3. The molecule has 0 unspecified atom stereocenters. The number of rotatable bonds is 7. The van der Waals surface area contributed by atoms with E-state index in [2.05, 4.69) is 26.5 Å². The van der Waals surface area contributed by atoms with Crippen LogP contribution in [0.15, 0.2) is 39.9 Å². The van der Waals surface area contributed by atoms with Gasteiger partial charge < -0.3 is 14.2 Å². The topological polar surface area (TPSA) is 52.1 Å². The van der Waals surface area contributed by atoms with Gasteiger partial charge in [0.15, 0.2) is 11.5 Å². The third-order valence-electron chi connectivity index (χ3n) is 3.10. The number of nitrogens with one attached hydrogen (secondary N) is 1. The first-order chi connectivity index (χ1) is 11.6. The Balaban J connectivity index is 2.14. The molecular formula is C17H18BrClN2O3. The molecule has 0 aromatic heterocycles. The van der Waals surface area contributed by atoms with Crippen molar-refractivity contribution in [2.45, 2.75) is 6.92 Å². The Morgan fingerprint density at radius 2 is 1.92 bits per heavy atom. The molecule has 0 radical (unpaired) electrons. The molecule has 7 heteroatoms. The summed E-state index contributed by atoms with van der Waals surface area (Å²) < 4.78 is 16.8. The van der Waals surface area contributed by atoms with E-state index in [1.54, 1.807) is 32.6 Å². The van der Waals surface area contributed by atoms with Crippen LogP contribution in [0.2, 0.25) is 5.02 Å². The van der Waals surface area contributed by atoms with Gasteiger partial charge in [-0.2, -0.15) is 5.10 Å². The molecule has 1 N–H and O–H groups in total. The molecule has 2 rings (SSSR count). The molecule has 0 bridgehead atoms. The Kier molecular flexibility index (Phi) is 6.75. The zero-order chi connectivity index (χ0) is 17.5. The van der Waals surface area contributed by atoms with E-state index in [1.807, 2.05) is 25.1 Å². The number of nitrogens with zero attached hydrogens (tertiary/aromatic N) is 1. The molecule has 0 amide bonds. The standard InChI is InChI=1S/C17H18BrClN2O3/c1-4-24-17-13(18)7-11(8-16(17)23-3)10-20-21-12-5-6-15(22-2)14(19)9-12/h5-10,21H,4H2,1-3H3/b20-10+. The molecule has 128 valence electrons. The number of hydrazone groups is 1. The lowest BCUT2D eigenvalue weighted by molar-refractivity contribution is 0.309. The van der Waals surface area contributed by atoms with E-state index >= 15 is 0 Å². The minimum Gasteiger partial charge on any atom is -0.495 e. The summed E-state index contributed by atoms with van der Waals surface area (Å²) in [5, 5.41) is 4.73. The van der Waals surface area contributed by atoms with Crippen LogP contribution >= 0.6 is 27.5 Å². The van der Waals surface area contributed by atoms with Gasteiger partial charge in [-0.05, 0) is 58.7 Å². The lowest BCUT2D eigenvalue weighted by Gasteiger charge is -2.12. The van der Waals surface area contributed by atoms with E-state index in [9.17, 15) is 0 Å². The van der Waals surface area contributed by atoms with E-state index in [1.165, 1.54) is 0 Å². The maximum atomic E-state index is 6.08. The SMILES string of the molecule is CCOc1c(Br)cc(/C=N/Nc2ccc(OC)c(Cl)c2)cc1OC. The number of halogens is 2. The minimum absolute atomic E-state index is 0.517. The van der Waals surface area contributed by atoms with Gasteiger partial charge in [0.2, 0.25) is 0 Å². The number of anilines is 1. The first-order valence-corrected chi connectivity index (χ1v) is 8.39. The highest BCUT2D eigenvalue weighted by atomic mass is 79.9. The molecule has 0 spiro atoms. The van der Waals surface area contributed by atoms with E-state index in [0.29, 0.717) is 28.9 Å². The minimum atomic E-state index is 0.517. The molecule has 0 aliphatic carbocycles. The monoisotopic (exact) mass is 412 g/mol. The molecule has 0 aliphatic rings. The fraction of sp³-hybridized carbons (Fsp3) is 0.235. The Labute approximate surface area is 154 Å². The maximum Gasteiger partial charge on any atom is 0.175 e. The highest BCUT2D eigenvalue weighted by Crippen LogP contribution is 2.36. The molecule has 2 aromatic carbocycles. The fourth-order valence-corrected chi connectivity index (χ4v) is 2.85. The summed E-state index contributed by atoms with van der Waals surface area (Å²) in [7, 11) is 3.17. The van der Waals surface area contributed by atoms with Crippen LogP contribution in [-0.2, 0) is 0 Å². The lowest BCUT2D eigenvalue weighted by Crippen LogP contribution is -1.98. The van der Waals surface area contributed by atoms with E-state index in [0.717, 1.165) is 15.7 Å². The Bertz CT molecular complexity index is 738. The van der Waals surface area contributed by atoms with Crippen molar-refractivity contribution < 1.29 is 14.2 Å².